The Morgan fingerprint density at radius 3 is 2.25 bits per heavy atom. The maximum atomic E-state index is 12.0. The molecule has 0 unspecified atom stereocenters. The smallest absolute Gasteiger partial charge is 0.339 e. The fourth-order valence-corrected chi connectivity index (χ4v) is 2.67. The summed E-state index contributed by atoms with van der Waals surface area (Å²) in [6.07, 6.45) is 0. The number of rotatable bonds is 6. The molecule has 9 heteroatoms. The van der Waals surface area contributed by atoms with E-state index < -0.39 is 16.0 Å². The molecule has 0 aliphatic heterocycles. The van der Waals surface area contributed by atoms with Gasteiger partial charge in [-0.2, -0.15) is 0 Å². The first-order valence-electron chi connectivity index (χ1n) is 5.42. The number of sulfonamides is 1. The number of nitrogens with one attached hydrogen (secondary N) is 1. The highest BCUT2D eigenvalue weighted by Crippen LogP contribution is 2.34. The van der Waals surface area contributed by atoms with Gasteiger partial charge in [0.25, 0.3) is 10.0 Å². The van der Waals surface area contributed by atoms with Gasteiger partial charge in [0.1, 0.15) is 5.56 Å². The van der Waals surface area contributed by atoms with E-state index in [9.17, 15) is 13.2 Å². The van der Waals surface area contributed by atoms with Gasteiger partial charge in [0, 0.05) is 20.2 Å². The Morgan fingerprint density at radius 2 is 1.85 bits per heavy atom. The van der Waals surface area contributed by atoms with Crippen molar-refractivity contribution in [2.24, 2.45) is 0 Å². The van der Waals surface area contributed by atoms with Crippen LogP contribution in [0.15, 0.2) is 17.0 Å². The molecule has 0 saturated carbocycles. The van der Waals surface area contributed by atoms with Gasteiger partial charge in [-0.15, -0.1) is 4.83 Å². The minimum absolute atomic E-state index is 0.0199. The fourth-order valence-electron chi connectivity index (χ4n) is 1.55. The van der Waals surface area contributed by atoms with E-state index in [4.69, 9.17) is 14.6 Å². The first-order valence-corrected chi connectivity index (χ1v) is 6.90. The van der Waals surface area contributed by atoms with Crippen LogP contribution in [0.2, 0.25) is 0 Å². The average Bonchev–Trinajstić information content (AvgIpc) is 2.35. The molecule has 0 radical (unpaired) electrons. The first-order chi connectivity index (χ1) is 9.22. The predicted octanol–water partition coefficient (Wildman–Crippen LogP) is 0.157. The van der Waals surface area contributed by atoms with Gasteiger partial charge in [-0.1, -0.05) is 0 Å². The molecule has 1 rings (SSSR count). The largest absolute Gasteiger partial charge is 0.493 e. The molecular formula is C11H16N2O6S. The lowest BCUT2D eigenvalue weighted by molar-refractivity contribution is 0.0692. The molecule has 112 valence electrons. The van der Waals surface area contributed by atoms with Crippen LogP contribution in [0.1, 0.15) is 10.4 Å². The second kappa shape index (κ2) is 6.07. The van der Waals surface area contributed by atoms with Crippen molar-refractivity contribution in [3.05, 3.63) is 17.7 Å². The fraction of sp³-hybridized carbons (Fsp3) is 0.364. The number of carboxylic acid groups (broad SMARTS) is 1. The summed E-state index contributed by atoms with van der Waals surface area (Å²) in [4.78, 5) is 13.2. The molecule has 1 aromatic carbocycles. The molecule has 0 aliphatic carbocycles. The Labute approximate surface area is 116 Å². The Hall–Kier alpha value is -1.84. The molecule has 1 aromatic rings. The summed E-state index contributed by atoms with van der Waals surface area (Å²) < 4.78 is 34.0. The number of benzene rings is 1. The van der Waals surface area contributed by atoms with Crippen molar-refractivity contribution in [2.45, 2.75) is 4.90 Å². The van der Waals surface area contributed by atoms with Gasteiger partial charge in [0.15, 0.2) is 11.5 Å². The third-order valence-corrected chi connectivity index (χ3v) is 3.76. The summed E-state index contributed by atoms with van der Waals surface area (Å²) >= 11 is 0. The number of hydrogen-bond donors (Lipinski definition) is 2. The summed E-state index contributed by atoms with van der Waals surface area (Å²) in [5, 5.41) is 10.4. The van der Waals surface area contributed by atoms with Crippen LogP contribution in [0.3, 0.4) is 0 Å². The van der Waals surface area contributed by atoms with E-state index in [1.165, 1.54) is 39.4 Å². The van der Waals surface area contributed by atoms with Crippen LogP contribution in [0.5, 0.6) is 11.5 Å². The maximum absolute atomic E-state index is 12.0. The number of methoxy groups -OCH3 is 2. The number of carboxylic acids is 1. The van der Waals surface area contributed by atoms with Crippen molar-refractivity contribution in [3.63, 3.8) is 0 Å². The van der Waals surface area contributed by atoms with Crippen LogP contribution in [0, 0.1) is 0 Å². The number of hydrogen-bond acceptors (Lipinski definition) is 6. The van der Waals surface area contributed by atoms with Crippen molar-refractivity contribution >= 4 is 16.0 Å². The number of hydrazine groups is 1. The molecule has 0 atom stereocenters. The quantitative estimate of drug-likeness (QED) is 0.721. The molecule has 0 amide bonds. The zero-order valence-corrected chi connectivity index (χ0v) is 12.3. The topological polar surface area (TPSA) is 105 Å². The van der Waals surface area contributed by atoms with Gasteiger partial charge in [-0.25, -0.2) is 18.2 Å². The van der Waals surface area contributed by atoms with Crippen LogP contribution in [-0.4, -0.2) is 52.8 Å². The Kier molecular flexibility index (Phi) is 4.93. The van der Waals surface area contributed by atoms with Crippen LogP contribution in [-0.2, 0) is 10.0 Å². The van der Waals surface area contributed by atoms with Crippen molar-refractivity contribution in [2.75, 3.05) is 28.3 Å². The van der Waals surface area contributed by atoms with Crippen LogP contribution in [0.25, 0.3) is 0 Å². The van der Waals surface area contributed by atoms with Gasteiger partial charge in [-0.3, -0.25) is 0 Å². The zero-order chi connectivity index (χ0) is 15.5. The van der Waals surface area contributed by atoms with Crippen molar-refractivity contribution in [1.82, 2.24) is 9.84 Å². The van der Waals surface area contributed by atoms with Crippen molar-refractivity contribution < 1.29 is 27.8 Å². The molecule has 2 N–H and O–H groups in total. The third-order valence-electron chi connectivity index (χ3n) is 2.30. The second-order valence-electron chi connectivity index (χ2n) is 4.00. The van der Waals surface area contributed by atoms with Gasteiger partial charge in [0.05, 0.1) is 19.1 Å². The average molecular weight is 304 g/mol. The molecule has 0 spiro atoms. The minimum Gasteiger partial charge on any atom is -0.493 e. The number of carbonyl (C=O) groups is 1. The molecule has 0 saturated heterocycles. The standard InChI is InChI=1S/C11H16N2O6S/c1-13(2)12-20(16,17)7-5-8(11(14)15)10(19-4)9(6-7)18-3/h5-6,12H,1-4H3,(H,14,15). The molecule has 0 bridgehead atoms. The number of aromatic carboxylic acids is 1. The zero-order valence-electron chi connectivity index (χ0n) is 11.5. The molecule has 0 aliphatic rings. The van der Waals surface area contributed by atoms with E-state index in [1.54, 1.807) is 0 Å². The van der Waals surface area contributed by atoms with E-state index in [1.807, 2.05) is 0 Å². The monoisotopic (exact) mass is 304 g/mol. The molecular weight excluding hydrogens is 288 g/mol. The molecule has 0 heterocycles. The van der Waals surface area contributed by atoms with Gasteiger partial charge in [0.2, 0.25) is 0 Å². The Balaban J connectivity index is 3.51. The van der Waals surface area contributed by atoms with Crippen LogP contribution < -0.4 is 14.3 Å². The van der Waals surface area contributed by atoms with Crippen molar-refractivity contribution in [1.29, 1.82) is 0 Å². The second-order valence-corrected chi connectivity index (χ2v) is 5.66. The Morgan fingerprint density at radius 1 is 1.25 bits per heavy atom. The SMILES string of the molecule is COc1cc(S(=O)(=O)NN(C)C)cc(C(=O)O)c1OC. The van der Waals surface area contributed by atoms with E-state index in [-0.39, 0.29) is 22.0 Å². The lowest BCUT2D eigenvalue weighted by Crippen LogP contribution is -2.36. The van der Waals surface area contributed by atoms with Gasteiger partial charge in [-0.05, 0) is 6.07 Å². The predicted molar refractivity (Wildman–Crippen MR) is 70.5 cm³/mol. The van der Waals surface area contributed by atoms with Gasteiger partial charge >= 0.3 is 5.97 Å². The highest BCUT2D eigenvalue weighted by molar-refractivity contribution is 7.89. The van der Waals surface area contributed by atoms with E-state index in [0.717, 1.165) is 6.07 Å². The highest BCUT2D eigenvalue weighted by atomic mass is 32.2. The van der Waals surface area contributed by atoms with Crippen molar-refractivity contribution in [3.8, 4) is 11.5 Å². The summed E-state index contributed by atoms with van der Waals surface area (Å²) in [6.45, 7) is 0. The highest BCUT2D eigenvalue weighted by Gasteiger charge is 2.24. The van der Waals surface area contributed by atoms with E-state index in [2.05, 4.69) is 4.83 Å². The molecule has 8 nitrogen and oxygen atoms in total. The number of nitrogens with zero attached hydrogens (tertiary/aromatic N) is 1. The third kappa shape index (κ3) is 3.38. The van der Waals surface area contributed by atoms with Crippen LogP contribution in [0.4, 0.5) is 0 Å². The Bertz CT molecular complexity index is 612. The maximum Gasteiger partial charge on any atom is 0.339 e. The molecule has 0 aromatic heterocycles. The normalized spacial score (nSPS) is 11.4. The summed E-state index contributed by atoms with van der Waals surface area (Å²) in [5.41, 5.74) is -0.300. The van der Waals surface area contributed by atoms with Crippen LogP contribution >= 0.6 is 0 Å². The lowest BCUT2D eigenvalue weighted by atomic mass is 10.2. The summed E-state index contributed by atoms with van der Waals surface area (Å²) in [5.74, 6) is -1.34. The number of ether oxygens (including phenoxy) is 2. The van der Waals surface area contributed by atoms with E-state index >= 15 is 0 Å². The first kappa shape index (κ1) is 16.2. The van der Waals surface area contributed by atoms with Gasteiger partial charge < -0.3 is 14.6 Å². The molecule has 20 heavy (non-hydrogen) atoms. The molecule has 0 fully saturated rings. The van der Waals surface area contributed by atoms with E-state index in [0.29, 0.717) is 0 Å². The summed E-state index contributed by atoms with van der Waals surface area (Å²) in [7, 11) is 1.66. The summed E-state index contributed by atoms with van der Waals surface area (Å²) in [6, 6.07) is 2.20. The lowest BCUT2D eigenvalue weighted by Gasteiger charge is -2.15. The minimum atomic E-state index is -3.90.